The van der Waals surface area contributed by atoms with Gasteiger partial charge in [0.2, 0.25) is 0 Å². The van der Waals surface area contributed by atoms with Crippen molar-refractivity contribution < 1.29 is 28.6 Å². The summed E-state index contributed by atoms with van der Waals surface area (Å²) in [7, 11) is 2.91. The van der Waals surface area contributed by atoms with Crippen molar-refractivity contribution in [3.63, 3.8) is 0 Å². The number of methoxy groups -OCH3 is 2. The van der Waals surface area contributed by atoms with Gasteiger partial charge in [-0.1, -0.05) is 6.07 Å². The van der Waals surface area contributed by atoms with Gasteiger partial charge in [0.25, 0.3) is 0 Å². The minimum Gasteiger partial charge on any atom is -0.496 e. The molecule has 0 saturated heterocycles. The second-order valence-corrected chi connectivity index (χ2v) is 8.04. The number of carbonyl (C=O) groups excluding carboxylic acids is 1. The molecular formula is C27H24FN3O5. The first-order valence-corrected chi connectivity index (χ1v) is 11.0. The van der Waals surface area contributed by atoms with Gasteiger partial charge < -0.3 is 25.2 Å². The van der Waals surface area contributed by atoms with E-state index in [4.69, 9.17) is 9.47 Å². The van der Waals surface area contributed by atoms with E-state index in [-0.39, 0.29) is 6.42 Å². The number of anilines is 1. The summed E-state index contributed by atoms with van der Waals surface area (Å²) < 4.78 is 25.1. The van der Waals surface area contributed by atoms with Crippen LogP contribution >= 0.6 is 0 Å². The summed E-state index contributed by atoms with van der Waals surface area (Å²) in [6, 6.07) is 10.7. The number of aliphatic carboxylic acids is 1. The first-order chi connectivity index (χ1) is 17.3. The van der Waals surface area contributed by atoms with E-state index >= 15 is 0 Å². The highest BCUT2D eigenvalue weighted by atomic mass is 19.1. The van der Waals surface area contributed by atoms with Gasteiger partial charge in [-0.25, -0.2) is 9.18 Å². The number of carbonyl (C=O) groups is 2. The van der Waals surface area contributed by atoms with Crippen molar-refractivity contribution in [2.24, 2.45) is 0 Å². The summed E-state index contributed by atoms with van der Waals surface area (Å²) >= 11 is 0. The zero-order valence-electron chi connectivity index (χ0n) is 19.9. The summed E-state index contributed by atoms with van der Waals surface area (Å²) in [6.45, 7) is 1.83. The number of carboxylic acid groups (broad SMARTS) is 1. The fourth-order valence-corrected chi connectivity index (χ4v) is 4.14. The molecule has 8 nitrogen and oxygen atoms in total. The quantitative estimate of drug-likeness (QED) is 0.432. The third kappa shape index (κ3) is 5.05. The Hall–Kier alpha value is -4.66. The molecule has 2 amide bonds. The number of rotatable bonds is 7. The molecule has 1 aromatic heterocycles. The Balaban J connectivity index is 1.75. The SMILES string of the molecule is COc1cc(C=C2C(C)=C(NC(=O)Nc3cccnc3)c3cc(F)ccc32)cc(OC)c1CC(=O)O. The predicted octanol–water partition coefficient (Wildman–Crippen LogP) is 4.97. The van der Waals surface area contributed by atoms with Crippen LogP contribution in [0.4, 0.5) is 14.9 Å². The highest BCUT2D eigenvalue weighted by Gasteiger charge is 2.26. The number of pyridine rings is 1. The molecule has 0 unspecified atom stereocenters. The third-order valence-corrected chi connectivity index (χ3v) is 5.75. The molecule has 1 heterocycles. The molecule has 0 aliphatic heterocycles. The molecule has 4 rings (SSSR count). The Morgan fingerprint density at radius 3 is 2.39 bits per heavy atom. The van der Waals surface area contributed by atoms with Crippen LogP contribution in [-0.4, -0.2) is 36.3 Å². The minimum atomic E-state index is -1.01. The monoisotopic (exact) mass is 489 g/mol. The Morgan fingerprint density at radius 2 is 1.78 bits per heavy atom. The molecule has 3 aromatic rings. The summed E-state index contributed by atoms with van der Waals surface area (Å²) in [5.74, 6) is -0.701. The van der Waals surface area contributed by atoms with Crippen LogP contribution < -0.4 is 20.1 Å². The van der Waals surface area contributed by atoms with E-state index in [0.29, 0.717) is 39.6 Å². The fraction of sp³-hybridized carbons (Fsp3) is 0.148. The van der Waals surface area contributed by atoms with Crippen LogP contribution in [0.3, 0.4) is 0 Å². The average Bonchev–Trinajstić information content (AvgIpc) is 3.10. The molecular weight excluding hydrogens is 465 g/mol. The Kier molecular flexibility index (Phi) is 7.00. The lowest BCUT2D eigenvalue weighted by molar-refractivity contribution is -0.136. The van der Waals surface area contributed by atoms with E-state index in [1.807, 2.05) is 13.0 Å². The number of aromatic nitrogens is 1. The lowest BCUT2D eigenvalue weighted by atomic mass is 9.99. The fourth-order valence-electron chi connectivity index (χ4n) is 4.14. The largest absolute Gasteiger partial charge is 0.496 e. The first kappa shape index (κ1) is 24.5. The van der Waals surface area contributed by atoms with Crippen LogP contribution in [-0.2, 0) is 11.2 Å². The lowest BCUT2D eigenvalue weighted by Gasteiger charge is -2.14. The number of amides is 2. The highest BCUT2D eigenvalue weighted by molar-refractivity contribution is 6.08. The molecule has 0 saturated carbocycles. The summed E-state index contributed by atoms with van der Waals surface area (Å²) in [6.07, 6.45) is 4.71. The number of ether oxygens (including phenoxy) is 2. The maximum Gasteiger partial charge on any atom is 0.323 e. The van der Waals surface area contributed by atoms with Gasteiger partial charge in [0.05, 0.1) is 38.2 Å². The topological polar surface area (TPSA) is 110 Å². The minimum absolute atomic E-state index is 0.260. The number of urea groups is 1. The van der Waals surface area contributed by atoms with E-state index in [1.54, 1.807) is 36.5 Å². The summed E-state index contributed by atoms with van der Waals surface area (Å²) in [5, 5.41) is 14.8. The molecule has 0 bridgehead atoms. The highest BCUT2D eigenvalue weighted by Crippen LogP contribution is 2.42. The molecule has 36 heavy (non-hydrogen) atoms. The van der Waals surface area contributed by atoms with Crippen molar-refractivity contribution in [2.45, 2.75) is 13.3 Å². The molecule has 2 aromatic carbocycles. The van der Waals surface area contributed by atoms with Crippen LogP contribution in [0.15, 0.2) is 60.4 Å². The van der Waals surface area contributed by atoms with E-state index < -0.39 is 17.8 Å². The number of allylic oxidation sites excluding steroid dienone is 2. The third-order valence-electron chi connectivity index (χ3n) is 5.75. The smallest absolute Gasteiger partial charge is 0.323 e. The maximum absolute atomic E-state index is 14.2. The number of halogens is 1. The van der Waals surface area contributed by atoms with E-state index in [0.717, 1.165) is 16.7 Å². The Bertz CT molecular complexity index is 1370. The van der Waals surface area contributed by atoms with Crippen molar-refractivity contribution in [3.05, 3.63) is 88.5 Å². The number of benzene rings is 2. The molecule has 0 radical (unpaired) electrons. The van der Waals surface area contributed by atoms with Gasteiger partial charge in [0.1, 0.15) is 17.3 Å². The molecule has 0 fully saturated rings. The van der Waals surface area contributed by atoms with Crippen LogP contribution in [0.1, 0.15) is 29.2 Å². The number of hydrogen-bond acceptors (Lipinski definition) is 5. The molecule has 184 valence electrons. The number of hydrogen-bond donors (Lipinski definition) is 3. The van der Waals surface area contributed by atoms with Gasteiger partial charge in [-0.3, -0.25) is 9.78 Å². The maximum atomic E-state index is 14.2. The van der Waals surface area contributed by atoms with Crippen LogP contribution in [0.25, 0.3) is 17.3 Å². The van der Waals surface area contributed by atoms with Crippen molar-refractivity contribution in [1.29, 1.82) is 0 Å². The van der Waals surface area contributed by atoms with Crippen LogP contribution in [0.5, 0.6) is 11.5 Å². The molecule has 0 spiro atoms. The van der Waals surface area contributed by atoms with Gasteiger partial charge in [0.15, 0.2) is 0 Å². The van der Waals surface area contributed by atoms with Gasteiger partial charge in [-0.05, 0) is 71.7 Å². The standard InChI is InChI=1S/C27H24FN3O5/c1-15-20(9-16-10-23(35-2)22(13-25(32)33)24(11-16)36-3)19-7-6-17(28)12-21(19)26(15)31-27(34)30-18-5-4-8-29-14-18/h4-12,14H,13H2,1-3H3,(H,32,33)(H2,30,31,34). The van der Waals surface area contributed by atoms with E-state index in [2.05, 4.69) is 15.6 Å². The van der Waals surface area contributed by atoms with Gasteiger partial charge in [0, 0.05) is 17.3 Å². The number of nitrogens with zero attached hydrogens (tertiary/aromatic N) is 1. The van der Waals surface area contributed by atoms with Crippen molar-refractivity contribution >= 4 is 35.0 Å². The number of fused-ring (bicyclic) bond motifs is 1. The average molecular weight is 490 g/mol. The van der Waals surface area contributed by atoms with Gasteiger partial charge in [-0.15, -0.1) is 0 Å². The number of carboxylic acids is 1. The lowest BCUT2D eigenvalue weighted by Crippen LogP contribution is -2.27. The molecule has 9 heteroatoms. The van der Waals surface area contributed by atoms with Crippen LogP contribution in [0.2, 0.25) is 0 Å². The van der Waals surface area contributed by atoms with Crippen molar-refractivity contribution in [3.8, 4) is 11.5 Å². The normalized spacial score (nSPS) is 13.4. The zero-order valence-corrected chi connectivity index (χ0v) is 19.9. The Morgan fingerprint density at radius 1 is 1.06 bits per heavy atom. The Labute approximate surface area is 207 Å². The van der Waals surface area contributed by atoms with Crippen LogP contribution in [0, 0.1) is 5.82 Å². The van der Waals surface area contributed by atoms with E-state index in [1.165, 1.54) is 32.5 Å². The van der Waals surface area contributed by atoms with Gasteiger partial charge in [-0.2, -0.15) is 0 Å². The zero-order chi connectivity index (χ0) is 25.8. The molecule has 1 aliphatic rings. The second-order valence-electron chi connectivity index (χ2n) is 8.04. The first-order valence-electron chi connectivity index (χ1n) is 11.0. The van der Waals surface area contributed by atoms with E-state index in [9.17, 15) is 19.1 Å². The van der Waals surface area contributed by atoms with Crippen molar-refractivity contribution in [2.75, 3.05) is 19.5 Å². The second kappa shape index (κ2) is 10.3. The summed E-state index contributed by atoms with van der Waals surface area (Å²) in [5.41, 5.74) is 4.86. The molecule has 3 N–H and O–H groups in total. The van der Waals surface area contributed by atoms with Crippen molar-refractivity contribution in [1.82, 2.24) is 10.3 Å². The number of nitrogens with one attached hydrogen (secondary N) is 2. The molecule has 1 aliphatic carbocycles. The van der Waals surface area contributed by atoms with Gasteiger partial charge >= 0.3 is 12.0 Å². The summed E-state index contributed by atoms with van der Waals surface area (Å²) in [4.78, 5) is 28.0. The predicted molar refractivity (Wildman–Crippen MR) is 134 cm³/mol. The molecule has 0 atom stereocenters.